The molecule has 0 N–H and O–H groups in total. The van der Waals surface area contributed by atoms with Gasteiger partial charge in [-0.1, -0.05) is 31.9 Å². The van der Waals surface area contributed by atoms with Crippen molar-refractivity contribution in [2.75, 3.05) is 5.33 Å². The summed E-state index contributed by atoms with van der Waals surface area (Å²) in [5.41, 5.74) is 0.626. The Labute approximate surface area is 164 Å². The predicted molar refractivity (Wildman–Crippen MR) is 99.8 cm³/mol. The van der Waals surface area contributed by atoms with Crippen molar-refractivity contribution in [2.45, 2.75) is 34.5 Å². The molecule has 1 aromatic rings. The van der Waals surface area contributed by atoms with Gasteiger partial charge < -0.3 is 9.64 Å². The fourth-order valence-corrected chi connectivity index (χ4v) is 5.94. The number of amides is 1. The van der Waals surface area contributed by atoms with Crippen molar-refractivity contribution < 1.29 is 19.2 Å². The second kappa shape index (κ2) is 6.88. The first-order valence-electron chi connectivity index (χ1n) is 7.38. The van der Waals surface area contributed by atoms with Gasteiger partial charge in [-0.3, -0.25) is 14.9 Å². The van der Waals surface area contributed by atoms with Crippen molar-refractivity contribution >= 4 is 61.2 Å². The lowest BCUT2D eigenvalue weighted by molar-refractivity contribution is -0.384. The normalized spacial score (nSPS) is 30.6. The number of nitro groups is 1. The van der Waals surface area contributed by atoms with Gasteiger partial charge in [0, 0.05) is 17.5 Å². The van der Waals surface area contributed by atoms with Crippen LogP contribution in [0.3, 0.4) is 0 Å². The monoisotopic (exact) mass is 492 g/mol. The molecule has 10 heteroatoms. The van der Waals surface area contributed by atoms with Crippen molar-refractivity contribution in [3.8, 4) is 0 Å². The number of fused-ring (bicyclic) bond motifs is 1. The van der Waals surface area contributed by atoms with Gasteiger partial charge >= 0.3 is 5.97 Å². The summed E-state index contributed by atoms with van der Waals surface area (Å²) < 4.78 is 4.92. The number of carbonyl (C=O) groups excluding carboxylic acids is 2. The number of hydrogen-bond donors (Lipinski definition) is 0. The Hall–Kier alpha value is -1.13. The number of rotatable bonds is 5. The van der Waals surface area contributed by atoms with Crippen LogP contribution >= 0.6 is 43.6 Å². The highest BCUT2D eigenvalue weighted by Crippen LogP contribution is 2.53. The highest BCUT2D eigenvalue weighted by molar-refractivity contribution is 9.10. The summed E-state index contributed by atoms with van der Waals surface area (Å²) in [5.74, 6) is -0.581. The Balaban J connectivity index is 1.69. The van der Waals surface area contributed by atoms with Crippen molar-refractivity contribution in [3.05, 3.63) is 39.9 Å². The molecule has 0 unspecified atom stereocenters. The second-order valence-corrected chi connectivity index (χ2v) is 9.23. The van der Waals surface area contributed by atoms with Gasteiger partial charge in [0.1, 0.15) is 22.8 Å². The standard InChI is InChI=1S/C15H14Br2N2O5S/c1-15(7-16)11(18-12(20)10(17)13(18)25-15)14(21)24-6-8-2-4-9(5-3-8)19(22)23/h2-5,10-11,13H,6-7H2,1H3/t10-,11-,13-,15-/m0/s1. The molecule has 0 radical (unpaired) electrons. The van der Waals surface area contributed by atoms with Crippen LogP contribution in [0.1, 0.15) is 12.5 Å². The number of halogens is 2. The molecule has 0 aromatic heterocycles. The lowest BCUT2D eigenvalue weighted by Crippen LogP contribution is -2.64. The van der Waals surface area contributed by atoms with Crippen LogP contribution in [0, 0.1) is 10.1 Å². The Morgan fingerprint density at radius 1 is 1.44 bits per heavy atom. The number of carbonyl (C=O) groups is 2. The van der Waals surface area contributed by atoms with Crippen LogP contribution in [-0.4, -0.2) is 48.0 Å². The molecule has 0 aliphatic carbocycles. The summed E-state index contributed by atoms with van der Waals surface area (Å²) in [7, 11) is 0. The van der Waals surface area contributed by atoms with Gasteiger partial charge in [-0.05, 0) is 24.6 Å². The zero-order chi connectivity index (χ0) is 18.4. The van der Waals surface area contributed by atoms with Crippen molar-refractivity contribution in [2.24, 2.45) is 0 Å². The van der Waals surface area contributed by atoms with E-state index in [0.29, 0.717) is 10.9 Å². The summed E-state index contributed by atoms with van der Waals surface area (Å²) in [4.78, 5) is 36.2. The third-order valence-electron chi connectivity index (χ3n) is 4.28. The molecule has 2 heterocycles. The molecule has 0 bridgehead atoms. The topological polar surface area (TPSA) is 89.8 Å². The minimum Gasteiger partial charge on any atom is -0.459 e. The van der Waals surface area contributed by atoms with Crippen LogP contribution in [0.5, 0.6) is 0 Å². The Morgan fingerprint density at radius 2 is 2.08 bits per heavy atom. The van der Waals surface area contributed by atoms with Crippen molar-refractivity contribution in [1.82, 2.24) is 4.90 Å². The molecule has 0 saturated carbocycles. The zero-order valence-electron chi connectivity index (χ0n) is 13.1. The van der Waals surface area contributed by atoms with Crippen LogP contribution < -0.4 is 0 Å². The van der Waals surface area contributed by atoms with Crippen molar-refractivity contribution in [1.29, 1.82) is 0 Å². The zero-order valence-corrected chi connectivity index (χ0v) is 17.0. The van der Waals surface area contributed by atoms with Gasteiger partial charge in [0.2, 0.25) is 5.91 Å². The van der Waals surface area contributed by atoms with Crippen LogP contribution in [0.15, 0.2) is 24.3 Å². The smallest absolute Gasteiger partial charge is 0.330 e. The fourth-order valence-electron chi connectivity index (χ4n) is 2.89. The molecule has 2 aliphatic rings. The van der Waals surface area contributed by atoms with E-state index in [9.17, 15) is 19.7 Å². The van der Waals surface area contributed by atoms with E-state index in [2.05, 4.69) is 31.9 Å². The molecule has 134 valence electrons. The van der Waals surface area contributed by atoms with E-state index in [4.69, 9.17) is 4.74 Å². The maximum atomic E-state index is 12.6. The average molecular weight is 494 g/mol. The minimum absolute atomic E-state index is 0.000792. The van der Waals surface area contributed by atoms with Crippen LogP contribution in [0.25, 0.3) is 0 Å². The predicted octanol–water partition coefficient (Wildman–Crippen LogP) is 2.84. The third kappa shape index (κ3) is 3.19. The van der Waals surface area contributed by atoms with Gasteiger partial charge in [-0.25, -0.2) is 4.79 Å². The van der Waals surface area contributed by atoms with E-state index in [-0.39, 0.29) is 28.4 Å². The second-order valence-electron chi connectivity index (χ2n) is 6.04. The largest absolute Gasteiger partial charge is 0.459 e. The number of nitro benzene ring substituents is 1. The first kappa shape index (κ1) is 18.7. The van der Waals surface area contributed by atoms with E-state index >= 15 is 0 Å². The molecule has 7 nitrogen and oxygen atoms in total. The number of esters is 1. The molecule has 3 rings (SSSR count). The first-order chi connectivity index (χ1) is 11.8. The third-order valence-corrected chi connectivity index (χ3v) is 8.70. The van der Waals surface area contributed by atoms with E-state index < -0.39 is 21.7 Å². The number of thioether (sulfide) groups is 1. The van der Waals surface area contributed by atoms with Gasteiger partial charge in [-0.15, -0.1) is 11.8 Å². The van der Waals surface area contributed by atoms with Gasteiger partial charge in [-0.2, -0.15) is 0 Å². The molecule has 1 aromatic carbocycles. The summed E-state index contributed by atoms with van der Waals surface area (Å²) in [6, 6.07) is 5.15. The van der Waals surface area contributed by atoms with Crippen LogP contribution in [0.4, 0.5) is 5.69 Å². The molecule has 25 heavy (non-hydrogen) atoms. The van der Waals surface area contributed by atoms with Gasteiger partial charge in [0.25, 0.3) is 5.69 Å². The lowest BCUT2D eigenvalue weighted by atomic mass is 9.98. The number of hydrogen-bond acceptors (Lipinski definition) is 6. The number of alkyl halides is 2. The number of β-lactam (4-membered cyclic amide) rings is 1. The fraction of sp³-hybridized carbons (Fsp3) is 0.467. The summed E-state index contributed by atoms with van der Waals surface area (Å²) in [5, 5.41) is 11.1. The maximum Gasteiger partial charge on any atom is 0.330 e. The number of nitrogens with zero attached hydrogens (tertiary/aromatic N) is 2. The quantitative estimate of drug-likeness (QED) is 0.206. The summed E-state index contributed by atoms with van der Waals surface area (Å²) in [6.07, 6.45) is 0. The highest BCUT2D eigenvalue weighted by atomic mass is 79.9. The van der Waals surface area contributed by atoms with Crippen molar-refractivity contribution in [3.63, 3.8) is 0 Å². The summed E-state index contributed by atoms with van der Waals surface area (Å²) >= 11 is 8.36. The molecule has 2 saturated heterocycles. The molecular formula is C15H14Br2N2O5S. The van der Waals surface area contributed by atoms with E-state index in [1.807, 2.05) is 6.92 Å². The Bertz CT molecular complexity index is 731. The van der Waals surface area contributed by atoms with Gasteiger partial charge in [0.05, 0.1) is 9.67 Å². The molecule has 2 aliphatic heterocycles. The molecule has 2 fully saturated rings. The first-order valence-corrected chi connectivity index (χ1v) is 10.3. The van der Waals surface area contributed by atoms with E-state index in [0.717, 1.165) is 0 Å². The molecule has 4 atom stereocenters. The SMILES string of the molecule is C[C@@]1(CBr)S[C@H]2[C@@H](Br)C(=O)N2[C@H]1C(=O)OCc1ccc([N+](=O)[O-])cc1. The lowest BCUT2D eigenvalue weighted by Gasteiger charge is -2.41. The average Bonchev–Trinajstić information content (AvgIpc) is 2.90. The number of ether oxygens (including phenoxy) is 1. The van der Waals surface area contributed by atoms with Crippen LogP contribution in [0.2, 0.25) is 0 Å². The Kier molecular flexibility index (Phi) is 5.13. The Morgan fingerprint density at radius 3 is 2.64 bits per heavy atom. The molecule has 1 amide bonds. The molecule has 0 spiro atoms. The van der Waals surface area contributed by atoms with Gasteiger partial charge in [0.15, 0.2) is 0 Å². The van der Waals surface area contributed by atoms with E-state index in [1.165, 1.54) is 12.1 Å². The summed E-state index contributed by atoms with van der Waals surface area (Å²) in [6.45, 7) is 1.93. The number of non-ortho nitro benzene ring substituents is 1. The number of benzene rings is 1. The van der Waals surface area contributed by atoms with E-state index in [1.54, 1.807) is 28.8 Å². The highest BCUT2D eigenvalue weighted by Gasteiger charge is 2.64. The maximum absolute atomic E-state index is 12.6. The minimum atomic E-state index is -0.666. The molecular weight excluding hydrogens is 480 g/mol. The van der Waals surface area contributed by atoms with Crippen LogP contribution in [-0.2, 0) is 20.9 Å².